The number of halogens is 2. The summed E-state index contributed by atoms with van der Waals surface area (Å²) in [5.41, 5.74) is 1.57. The maximum absolute atomic E-state index is 13.2. The summed E-state index contributed by atoms with van der Waals surface area (Å²) in [5.74, 6) is 0.145. The van der Waals surface area contributed by atoms with Crippen LogP contribution in [0.5, 0.6) is 5.75 Å². The number of hydrogen-bond donors (Lipinski definition) is 2. The maximum atomic E-state index is 13.2. The van der Waals surface area contributed by atoms with Gasteiger partial charge < -0.3 is 20.1 Å². The van der Waals surface area contributed by atoms with Crippen LogP contribution < -0.4 is 15.4 Å². The normalized spacial score (nSPS) is 16.2. The van der Waals surface area contributed by atoms with Gasteiger partial charge in [-0.15, -0.1) is 0 Å². The van der Waals surface area contributed by atoms with E-state index in [9.17, 15) is 9.18 Å². The smallest absolute Gasteiger partial charge is 0.253 e. The molecule has 1 saturated heterocycles. The minimum absolute atomic E-state index is 0.0142. The lowest BCUT2D eigenvalue weighted by Gasteiger charge is -2.12. The van der Waals surface area contributed by atoms with Crippen molar-refractivity contribution in [2.24, 2.45) is 10.9 Å². The summed E-state index contributed by atoms with van der Waals surface area (Å²) < 4.78 is 24.2. The number of aromatic nitrogens is 1. The average molecular weight is 435 g/mol. The standard InChI is InChI=1S/C21H24ClFN4O3/c1-24-21(28)16-4-6-26-19(12-25-11-14-5-8-29-13-14)20(16)27-7-9-30-15-2-3-18(23)17(22)10-15/h2-4,6-7,10,14,25H,5,8-9,11-13H2,1H3,(H,24,28). The van der Waals surface area contributed by atoms with Gasteiger partial charge in [-0.05, 0) is 30.5 Å². The summed E-state index contributed by atoms with van der Waals surface area (Å²) in [6.45, 7) is 2.96. The molecule has 2 heterocycles. The van der Waals surface area contributed by atoms with Crippen molar-refractivity contribution in [3.05, 3.63) is 52.6 Å². The van der Waals surface area contributed by atoms with E-state index in [2.05, 4.69) is 20.6 Å². The van der Waals surface area contributed by atoms with Crippen molar-refractivity contribution >= 4 is 29.4 Å². The lowest BCUT2D eigenvalue weighted by Crippen LogP contribution is -2.24. The van der Waals surface area contributed by atoms with E-state index in [1.165, 1.54) is 24.4 Å². The highest BCUT2D eigenvalue weighted by molar-refractivity contribution is 6.30. The predicted molar refractivity (Wildman–Crippen MR) is 113 cm³/mol. The second-order valence-corrected chi connectivity index (χ2v) is 7.20. The van der Waals surface area contributed by atoms with Gasteiger partial charge in [0.15, 0.2) is 0 Å². The molecule has 1 amide bonds. The lowest BCUT2D eigenvalue weighted by molar-refractivity contribution is 0.0963. The number of nitrogens with zero attached hydrogens (tertiary/aromatic N) is 2. The molecule has 0 radical (unpaired) electrons. The van der Waals surface area contributed by atoms with Crippen LogP contribution in [-0.4, -0.2) is 50.5 Å². The number of rotatable bonds is 9. The van der Waals surface area contributed by atoms with Gasteiger partial charge in [0, 0.05) is 45.2 Å². The van der Waals surface area contributed by atoms with Crippen molar-refractivity contribution in [2.75, 3.05) is 33.4 Å². The van der Waals surface area contributed by atoms with Crippen LogP contribution in [0.3, 0.4) is 0 Å². The third-order valence-electron chi connectivity index (χ3n) is 4.66. The van der Waals surface area contributed by atoms with Crippen molar-refractivity contribution in [3.63, 3.8) is 0 Å². The molecule has 160 valence electrons. The Kier molecular flexibility index (Phi) is 8.12. The molecule has 1 atom stereocenters. The first-order valence-corrected chi connectivity index (χ1v) is 10.0. The van der Waals surface area contributed by atoms with Crippen LogP contribution in [0.15, 0.2) is 35.5 Å². The zero-order chi connectivity index (χ0) is 21.3. The highest BCUT2D eigenvalue weighted by Gasteiger charge is 2.17. The molecule has 0 saturated carbocycles. The molecule has 30 heavy (non-hydrogen) atoms. The maximum Gasteiger partial charge on any atom is 0.253 e. The topological polar surface area (TPSA) is 84.8 Å². The van der Waals surface area contributed by atoms with Crippen LogP contribution in [0.1, 0.15) is 22.5 Å². The average Bonchev–Trinajstić information content (AvgIpc) is 3.27. The Bertz CT molecular complexity index is 904. The van der Waals surface area contributed by atoms with Crippen molar-refractivity contribution in [3.8, 4) is 5.75 Å². The van der Waals surface area contributed by atoms with Gasteiger partial charge >= 0.3 is 0 Å². The van der Waals surface area contributed by atoms with E-state index >= 15 is 0 Å². The molecule has 1 aliphatic rings. The summed E-state index contributed by atoms with van der Waals surface area (Å²) in [6, 6.07) is 5.74. The largest absolute Gasteiger partial charge is 0.488 e. The molecule has 1 aliphatic heterocycles. The Balaban J connectivity index is 1.68. The van der Waals surface area contributed by atoms with Gasteiger partial charge in [0.2, 0.25) is 0 Å². The van der Waals surface area contributed by atoms with Crippen LogP contribution in [0.25, 0.3) is 0 Å². The van der Waals surface area contributed by atoms with Crippen LogP contribution in [0.2, 0.25) is 5.02 Å². The number of amides is 1. The second-order valence-electron chi connectivity index (χ2n) is 6.79. The van der Waals surface area contributed by atoms with Gasteiger partial charge in [-0.1, -0.05) is 11.6 Å². The van der Waals surface area contributed by atoms with Crippen molar-refractivity contribution in [1.29, 1.82) is 0 Å². The molecule has 1 fully saturated rings. The van der Waals surface area contributed by atoms with Gasteiger partial charge in [0.05, 0.1) is 28.6 Å². The SMILES string of the molecule is CNC(=O)c1ccnc(CNCC2CCOC2)c1N=CCOc1ccc(F)c(Cl)c1. The number of benzene rings is 1. The number of carbonyl (C=O) groups excluding carboxylic acids is 1. The van der Waals surface area contributed by atoms with Crippen molar-refractivity contribution < 1.29 is 18.7 Å². The molecule has 1 aromatic carbocycles. The van der Waals surface area contributed by atoms with E-state index in [0.717, 1.165) is 26.2 Å². The Morgan fingerprint density at radius 3 is 3.07 bits per heavy atom. The van der Waals surface area contributed by atoms with Crippen LogP contribution in [-0.2, 0) is 11.3 Å². The lowest BCUT2D eigenvalue weighted by atomic mass is 10.1. The Hall–Kier alpha value is -2.55. The van der Waals surface area contributed by atoms with E-state index in [1.54, 1.807) is 19.3 Å². The minimum atomic E-state index is -0.510. The van der Waals surface area contributed by atoms with E-state index in [4.69, 9.17) is 21.1 Å². The van der Waals surface area contributed by atoms with Gasteiger partial charge in [-0.2, -0.15) is 0 Å². The third-order valence-corrected chi connectivity index (χ3v) is 4.95. The highest BCUT2D eigenvalue weighted by atomic mass is 35.5. The fraction of sp³-hybridized carbons (Fsp3) is 0.381. The van der Waals surface area contributed by atoms with E-state index in [-0.39, 0.29) is 17.5 Å². The van der Waals surface area contributed by atoms with E-state index in [0.29, 0.717) is 35.2 Å². The van der Waals surface area contributed by atoms with Crippen LogP contribution >= 0.6 is 11.6 Å². The summed E-state index contributed by atoms with van der Waals surface area (Å²) >= 11 is 5.75. The molecule has 0 spiro atoms. The predicted octanol–water partition coefficient (Wildman–Crippen LogP) is 3.14. The number of nitrogens with one attached hydrogen (secondary N) is 2. The van der Waals surface area contributed by atoms with E-state index < -0.39 is 5.82 Å². The number of aliphatic imine (C=N–C) groups is 1. The molecule has 1 unspecified atom stereocenters. The fourth-order valence-electron chi connectivity index (χ4n) is 3.06. The summed E-state index contributed by atoms with van der Waals surface area (Å²) in [6.07, 6.45) is 4.17. The Morgan fingerprint density at radius 1 is 1.47 bits per heavy atom. The summed E-state index contributed by atoms with van der Waals surface area (Å²) in [5, 5.41) is 5.97. The summed E-state index contributed by atoms with van der Waals surface area (Å²) in [4.78, 5) is 21.1. The molecule has 0 bridgehead atoms. The van der Waals surface area contributed by atoms with Crippen molar-refractivity contribution in [1.82, 2.24) is 15.6 Å². The fourth-order valence-corrected chi connectivity index (χ4v) is 3.23. The Morgan fingerprint density at radius 2 is 2.33 bits per heavy atom. The van der Waals surface area contributed by atoms with Crippen molar-refractivity contribution in [2.45, 2.75) is 13.0 Å². The first kappa shape index (κ1) is 22.1. The number of carbonyl (C=O) groups is 1. The number of pyridine rings is 1. The highest BCUT2D eigenvalue weighted by Crippen LogP contribution is 2.24. The van der Waals surface area contributed by atoms with Gasteiger partial charge in [0.1, 0.15) is 18.2 Å². The number of hydrogen-bond acceptors (Lipinski definition) is 6. The molecule has 9 heteroatoms. The second kappa shape index (κ2) is 11.0. The first-order chi connectivity index (χ1) is 14.6. The Labute approximate surface area is 179 Å². The zero-order valence-corrected chi connectivity index (χ0v) is 17.4. The minimum Gasteiger partial charge on any atom is -0.488 e. The quantitative estimate of drug-likeness (QED) is 0.592. The number of ether oxygens (including phenoxy) is 2. The van der Waals surface area contributed by atoms with Crippen LogP contribution in [0.4, 0.5) is 10.1 Å². The monoisotopic (exact) mass is 434 g/mol. The molecular formula is C21H24ClFN4O3. The van der Waals surface area contributed by atoms with E-state index in [1.807, 2.05) is 0 Å². The molecule has 2 aromatic rings. The van der Waals surface area contributed by atoms with Gasteiger partial charge in [-0.3, -0.25) is 14.8 Å². The molecule has 7 nitrogen and oxygen atoms in total. The van der Waals surface area contributed by atoms with Gasteiger partial charge in [-0.25, -0.2) is 4.39 Å². The molecule has 3 rings (SSSR count). The molecular weight excluding hydrogens is 411 g/mol. The first-order valence-electron chi connectivity index (χ1n) is 9.67. The molecule has 1 aromatic heterocycles. The molecule has 2 N–H and O–H groups in total. The summed E-state index contributed by atoms with van der Waals surface area (Å²) in [7, 11) is 1.57. The molecule has 0 aliphatic carbocycles. The third kappa shape index (κ3) is 5.98. The van der Waals surface area contributed by atoms with Gasteiger partial charge in [0.25, 0.3) is 5.91 Å². The zero-order valence-electron chi connectivity index (χ0n) is 16.7. The van der Waals surface area contributed by atoms with Crippen LogP contribution in [0, 0.1) is 11.7 Å².